The van der Waals surface area contributed by atoms with Crippen LogP contribution in [0.4, 0.5) is 0 Å². The molecule has 6 aromatic carbocycles. The Balaban J connectivity index is 0.882. The predicted octanol–water partition coefficient (Wildman–Crippen LogP) is 16.2. The molecule has 1 aromatic heterocycles. The highest BCUT2D eigenvalue weighted by atomic mass is 16.6. The molecular formula is C92H90O11. The Morgan fingerprint density at radius 2 is 1.58 bits per heavy atom. The molecule has 21 bridgehead atoms. The topological polar surface area (TPSA) is 162 Å². The zero-order valence-electron chi connectivity index (χ0n) is 59.0. The van der Waals surface area contributed by atoms with Gasteiger partial charge in [0.1, 0.15) is 11.3 Å². The van der Waals surface area contributed by atoms with E-state index in [2.05, 4.69) is 145 Å². The number of rotatable bonds is 7. The van der Waals surface area contributed by atoms with E-state index in [1.165, 1.54) is 97.8 Å². The van der Waals surface area contributed by atoms with E-state index in [1.807, 2.05) is 19.1 Å². The number of hydrogen-bond donors (Lipinski definition) is 3. The Labute approximate surface area is 602 Å². The van der Waals surface area contributed by atoms with Gasteiger partial charge < -0.3 is 38.7 Å². The van der Waals surface area contributed by atoms with Crippen molar-refractivity contribution in [2.75, 3.05) is 26.9 Å². The maximum atomic E-state index is 16.9. The van der Waals surface area contributed by atoms with E-state index in [9.17, 15) is 15.3 Å². The molecule has 3 spiro atoms. The Hall–Kier alpha value is -8.37. The molecule has 11 heteroatoms. The summed E-state index contributed by atoms with van der Waals surface area (Å²) in [6, 6.07) is 41.4. The van der Waals surface area contributed by atoms with Gasteiger partial charge in [0, 0.05) is 71.2 Å². The number of ether oxygens (including phenoxy) is 4. The number of carbonyl (C=O) groups excluding carboxylic acids is 2. The molecule has 28 rings (SSSR count). The Kier molecular flexibility index (Phi) is 15.2. The summed E-state index contributed by atoms with van der Waals surface area (Å²) < 4.78 is 35.7. The smallest absolute Gasteiger partial charge is 0.340 e. The highest BCUT2D eigenvalue weighted by Crippen LogP contribution is 2.68. The fourth-order valence-electron chi connectivity index (χ4n) is 24.7. The first-order valence-electron chi connectivity index (χ1n) is 38.8. The number of esters is 2. The van der Waals surface area contributed by atoms with E-state index in [1.54, 1.807) is 0 Å². The largest absolute Gasteiger partial charge is 0.481 e. The van der Waals surface area contributed by atoms with Crippen molar-refractivity contribution in [2.45, 2.75) is 187 Å². The SMILES string of the molecule is COC[C@@H](CCO)c1c(CO)c2ccc3c(c2oc1=O)[C@H]1OC(=O)C[C@H]2C[C@H]4C=C[C@@]25CC[C@H]2C#CC[C@]6(O3)[C@@H]3C[C@@H]7c8ccccc8C=C[C@H]7[C@H]3C[C@H]3C[C@H](Cc7ccc(cc7)Cc7ccc8c(c7)[C@@]79c%10cccc4c%10CC[C@@H]7CCC[C@H]9C=C8)[C@H](C/C(=C(\C)CO)C(=O)O[C@@H]16)c1ccc5c2c13. The van der Waals surface area contributed by atoms with Gasteiger partial charge in [0.05, 0.1) is 31.8 Å². The number of allylic oxidation sites excluding steroid dienone is 4. The first kappa shape index (κ1) is 64.2. The van der Waals surface area contributed by atoms with Crippen LogP contribution in [-0.2, 0) is 60.5 Å². The number of methoxy groups -OCH3 is 1. The number of benzene rings is 6. The van der Waals surface area contributed by atoms with Crippen molar-refractivity contribution in [3.8, 4) is 17.6 Å². The maximum absolute atomic E-state index is 16.9. The van der Waals surface area contributed by atoms with Crippen molar-refractivity contribution < 1.29 is 48.3 Å². The Bertz CT molecular complexity index is 4990. The quantitative estimate of drug-likeness (QED) is 0.0458. The number of fused-ring (bicyclic) bond motifs is 9. The zero-order valence-corrected chi connectivity index (χ0v) is 59.0. The van der Waals surface area contributed by atoms with Crippen molar-refractivity contribution in [1.82, 2.24) is 0 Å². The van der Waals surface area contributed by atoms with Crippen LogP contribution in [0.5, 0.6) is 5.75 Å². The highest BCUT2D eigenvalue weighted by Gasteiger charge is 2.66. The normalized spacial score (nSPS) is 33.9. The molecule has 21 aliphatic rings. The number of carbonyl (C=O) groups is 2. The lowest BCUT2D eigenvalue weighted by atomic mass is 9.47. The third-order valence-corrected chi connectivity index (χ3v) is 29.0. The second-order valence-electron chi connectivity index (χ2n) is 33.3. The molecule has 524 valence electrons. The van der Waals surface area contributed by atoms with Crippen LogP contribution >= 0.6 is 0 Å². The lowest BCUT2D eigenvalue weighted by molar-refractivity contribution is -0.205. The molecule has 3 fully saturated rings. The third-order valence-electron chi connectivity index (χ3n) is 29.0. The van der Waals surface area contributed by atoms with Crippen molar-refractivity contribution in [2.24, 2.45) is 41.4 Å². The standard InChI is InChI=1S/C92H90O11/c1-50(47-94)70-45-71-59-39-52-17-15-51(16-18-52)38-53-19-20-55-21-23-61-10-5-11-62-24-26-67-65(13-6-14-75(67)92(61,62)77(55)40-53)57-32-36-90-35-31-56-9-7-34-91(78-46-72-64-12-4-3-8-54(64)22-25-66(72)73(78)43-60(41-59)81-68(71)27-29-76(90)83(56)81)87(102-88(70)97)86(100-80(96)44-63(90)42-57)84-79(103-91)30-28-69-74(48-95)82(89(98)101-85(69)84)58(33-37-93)49-99-2/h3-4,6,8,12-23,25,27-30,32,36,40,56-63,66,71-73,78,86-87,93-95H,5,10-11,24,26,31,33-35,37-39,41-49H2,1-2H3/b70-50-/t56-,57-,58-,59+,60-,61+,62+,63-,66-,71+,72-,73-,78-,86-,87+,90+,91+,92-/m1/s1. The lowest BCUT2D eigenvalue weighted by Gasteiger charge is -2.55. The molecule has 7 aromatic rings. The van der Waals surface area contributed by atoms with Gasteiger partial charge in [-0.15, -0.1) is 0 Å². The molecular weight excluding hydrogens is 1280 g/mol. The van der Waals surface area contributed by atoms with Gasteiger partial charge in [-0.05, 0) is 251 Å². The Morgan fingerprint density at radius 1 is 0.728 bits per heavy atom. The number of aliphatic hydroxyl groups excluding tert-OH is 3. The van der Waals surface area contributed by atoms with Gasteiger partial charge in [-0.1, -0.05) is 152 Å². The summed E-state index contributed by atoms with van der Waals surface area (Å²) in [6.45, 7) is 0.732. The summed E-state index contributed by atoms with van der Waals surface area (Å²) in [6.07, 6.45) is 24.4. The molecule has 3 N–H and O–H groups in total. The van der Waals surface area contributed by atoms with Crippen molar-refractivity contribution in [3.63, 3.8) is 0 Å². The summed E-state index contributed by atoms with van der Waals surface area (Å²) in [5.41, 5.74) is 17.2. The van der Waals surface area contributed by atoms with Gasteiger partial charge in [-0.25, -0.2) is 9.59 Å². The fraction of sp³-hybridized carbons (Fsp3) is 0.446. The lowest BCUT2D eigenvalue weighted by Crippen LogP contribution is -2.61. The predicted molar refractivity (Wildman–Crippen MR) is 395 cm³/mol. The molecule has 0 radical (unpaired) electrons. The van der Waals surface area contributed by atoms with Crippen LogP contribution in [0.15, 0.2) is 154 Å². The van der Waals surface area contributed by atoms with E-state index >= 15 is 14.4 Å². The molecule has 17 aliphatic carbocycles. The molecule has 2 saturated carbocycles. The minimum absolute atomic E-state index is 0.0259. The fourth-order valence-corrected chi connectivity index (χ4v) is 24.7. The highest BCUT2D eigenvalue weighted by molar-refractivity contribution is 5.91. The van der Waals surface area contributed by atoms with Gasteiger partial charge in [-0.3, -0.25) is 4.79 Å². The second-order valence-corrected chi connectivity index (χ2v) is 33.3. The Morgan fingerprint density at radius 3 is 2.45 bits per heavy atom. The van der Waals surface area contributed by atoms with Crippen LogP contribution in [0.2, 0.25) is 0 Å². The molecule has 0 unspecified atom stereocenters. The average Bonchev–Trinajstić information content (AvgIpc) is 1.31. The number of hydrogen-bond acceptors (Lipinski definition) is 11. The van der Waals surface area contributed by atoms with Crippen LogP contribution in [-0.4, -0.2) is 65.9 Å². The molecule has 5 heterocycles. The minimum Gasteiger partial charge on any atom is -0.481 e. The van der Waals surface area contributed by atoms with Gasteiger partial charge in [-0.2, -0.15) is 0 Å². The maximum Gasteiger partial charge on any atom is 0.340 e. The summed E-state index contributed by atoms with van der Waals surface area (Å²) in [7, 11) is 1.54. The third kappa shape index (κ3) is 9.44. The van der Waals surface area contributed by atoms with Gasteiger partial charge in [0.2, 0.25) is 0 Å². The van der Waals surface area contributed by atoms with E-state index in [4.69, 9.17) is 23.4 Å². The van der Waals surface area contributed by atoms with E-state index in [-0.39, 0.29) is 120 Å². The second kappa shape index (κ2) is 24.4. The summed E-state index contributed by atoms with van der Waals surface area (Å²) >= 11 is 0. The molecule has 11 nitrogen and oxygen atoms in total. The zero-order chi connectivity index (χ0) is 69.4. The average molecular weight is 1370 g/mol. The van der Waals surface area contributed by atoms with Crippen molar-refractivity contribution >= 4 is 35.1 Å². The first-order valence-corrected chi connectivity index (χ1v) is 38.8. The van der Waals surface area contributed by atoms with Crippen LogP contribution < -0.4 is 10.4 Å². The van der Waals surface area contributed by atoms with Crippen LogP contribution in [0.3, 0.4) is 0 Å². The van der Waals surface area contributed by atoms with Crippen LogP contribution in [0.1, 0.15) is 233 Å². The van der Waals surface area contributed by atoms with Crippen molar-refractivity contribution in [1.29, 1.82) is 0 Å². The summed E-state index contributed by atoms with van der Waals surface area (Å²) in [5, 5.41) is 34.1. The van der Waals surface area contributed by atoms with E-state index in [0.717, 1.165) is 57.8 Å². The minimum atomic E-state index is -1.50. The van der Waals surface area contributed by atoms with E-state index in [0.29, 0.717) is 52.5 Å². The molecule has 18 atom stereocenters. The first-order chi connectivity index (χ1) is 50.4. The van der Waals surface area contributed by atoms with Gasteiger partial charge in [0.15, 0.2) is 17.8 Å². The van der Waals surface area contributed by atoms with Crippen LogP contribution in [0, 0.1) is 53.3 Å². The van der Waals surface area contributed by atoms with Gasteiger partial charge in [0.25, 0.3) is 0 Å². The summed E-state index contributed by atoms with van der Waals surface area (Å²) in [4.78, 5) is 48.8. The van der Waals surface area contributed by atoms with E-state index < -0.39 is 59.9 Å². The van der Waals surface area contributed by atoms with Crippen molar-refractivity contribution in [3.05, 3.63) is 250 Å². The molecule has 0 amide bonds. The summed E-state index contributed by atoms with van der Waals surface area (Å²) in [5.74, 6) is 6.52. The molecule has 103 heavy (non-hydrogen) atoms. The monoisotopic (exact) mass is 1370 g/mol. The number of aliphatic hydroxyl groups is 3. The molecule has 1 saturated heterocycles. The molecule has 4 aliphatic heterocycles. The van der Waals surface area contributed by atoms with Gasteiger partial charge >= 0.3 is 17.6 Å². The van der Waals surface area contributed by atoms with Crippen LogP contribution in [0.25, 0.3) is 23.1 Å².